The molecule has 1 heterocycles. The van der Waals surface area contributed by atoms with Crippen LogP contribution in [-0.2, 0) is 6.54 Å². The summed E-state index contributed by atoms with van der Waals surface area (Å²) < 4.78 is 0. The number of aromatic nitrogens is 2. The van der Waals surface area contributed by atoms with E-state index in [1.165, 1.54) is 0 Å². The van der Waals surface area contributed by atoms with Gasteiger partial charge in [0, 0.05) is 6.20 Å². The Bertz CT molecular complexity index is 561. The maximum Gasteiger partial charge on any atom is 0.339 e. The van der Waals surface area contributed by atoms with Crippen molar-refractivity contribution in [2.24, 2.45) is 0 Å². The van der Waals surface area contributed by atoms with Crippen LogP contribution >= 0.6 is 11.6 Å². The third kappa shape index (κ3) is 2.75. The summed E-state index contributed by atoms with van der Waals surface area (Å²) in [5.41, 5.74) is 1.23. The van der Waals surface area contributed by atoms with Crippen LogP contribution in [0.15, 0.2) is 36.5 Å². The van der Waals surface area contributed by atoms with Gasteiger partial charge in [-0.05, 0) is 24.3 Å². The SMILES string of the molecule is O=C(O)c1c(Cl)cccc1NCc1cccnn1. The number of carboxylic acid groups (broad SMARTS) is 1. The van der Waals surface area contributed by atoms with E-state index in [4.69, 9.17) is 16.7 Å². The van der Waals surface area contributed by atoms with E-state index in [1.807, 2.05) is 0 Å². The molecule has 0 atom stereocenters. The summed E-state index contributed by atoms with van der Waals surface area (Å²) in [6, 6.07) is 8.45. The van der Waals surface area contributed by atoms with Crippen molar-refractivity contribution >= 4 is 23.3 Å². The monoisotopic (exact) mass is 263 g/mol. The van der Waals surface area contributed by atoms with Crippen LogP contribution in [0, 0.1) is 0 Å². The molecule has 0 aliphatic heterocycles. The topological polar surface area (TPSA) is 75.1 Å². The molecule has 0 radical (unpaired) electrons. The van der Waals surface area contributed by atoms with Gasteiger partial charge in [0.05, 0.1) is 22.9 Å². The van der Waals surface area contributed by atoms with Gasteiger partial charge in [0.25, 0.3) is 0 Å². The molecule has 1 aromatic heterocycles. The summed E-state index contributed by atoms with van der Waals surface area (Å²) in [4.78, 5) is 11.1. The smallest absolute Gasteiger partial charge is 0.339 e. The second-order valence-electron chi connectivity index (χ2n) is 3.54. The Morgan fingerprint density at radius 1 is 1.33 bits per heavy atom. The first-order valence-electron chi connectivity index (χ1n) is 5.20. The van der Waals surface area contributed by atoms with Crippen molar-refractivity contribution in [2.75, 3.05) is 5.32 Å². The molecule has 0 spiro atoms. The number of hydrogen-bond acceptors (Lipinski definition) is 4. The third-order valence-electron chi connectivity index (χ3n) is 2.31. The van der Waals surface area contributed by atoms with E-state index in [-0.39, 0.29) is 10.6 Å². The van der Waals surface area contributed by atoms with E-state index in [1.54, 1.807) is 36.5 Å². The van der Waals surface area contributed by atoms with Crippen LogP contribution in [0.25, 0.3) is 0 Å². The normalized spacial score (nSPS) is 10.1. The fourth-order valence-electron chi connectivity index (χ4n) is 1.50. The number of carboxylic acids is 1. The zero-order chi connectivity index (χ0) is 13.0. The predicted octanol–water partition coefficient (Wildman–Crippen LogP) is 2.44. The fourth-order valence-corrected chi connectivity index (χ4v) is 1.76. The quantitative estimate of drug-likeness (QED) is 0.886. The molecule has 6 heteroatoms. The lowest BCUT2D eigenvalue weighted by atomic mass is 10.1. The summed E-state index contributed by atoms with van der Waals surface area (Å²) in [5.74, 6) is -1.07. The minimum absolute atomic E-state index is 0.0584. The Balaban J connectivity index is 2.20. The molecule has 0 saturated heterocycles. The van der Waals surface area contributed by atoms with Gasteiger partial charge >= 0.3 is 5.97 Å². The van der Waals surface area contributed by atoms with Gasteiger partial charge in [-0.3, -0.25) is 0 Å². The molecule has 2 N–H and O–H groups in total. The van der Waals surface area contributed by atoms with Gasteiger partial charge in [-0.25, -0.2) is 4.79 Å². The number of aromatic carboxylic acids is 1. The highest BCUT2D eigenvalue weighted by molar-refractivity contribution is 6.34. The van der Waals surface area contributed by atoms with Crippen LogP contribution in [0.2, 0.25) is 5.02 Å². The van der Waals surface area contributed by atoms with Crippen molar-refractivity contribution in [1.29, 1.82) is 0 Å². The second-order valence-corrected chi connectivity index (χ2v) is 3.94. The minimum Gasteiger partial charge on any atom is -0.478 e. The van der Waals surface area contributed by atoms with E-state index in [0.29, 0.717) is 17.9 Å². The molecule has 0 amide bonds. The molecule has 2 rings (SSSR count). The number of benzene rings is 1. The highest BCUT2D eigenvalue weighted by atomic mass is 35.5. The van der Waals surface area contributed by atoms with Crippen molar-refractivity contribution in [3.05, 3.63) is 52.8 Å². The first kappa shape index (κ1) is 12.3. The first-order chi connectivity index (χ1) is 8.68. The lowest BCUT2D eigenvalue weighted by Crippen LogP contribution is -2.08. The lowest BCUT2D eigenvalue weighted by molar-refractivity contribution is 0.0698. The Morgan fingerprint density at radius 2 is 2.17 bits per heavy atom. The number of carbonyl (C=O) groups is 1. The zero-order valence-electron chi connectivity index (χ0n) is 9.30. The van der Waals surface area contributed by atoms with Gasteiger partial charge in [-0.15, -0.1) is 0 Å². The van der Waals surface area contributed by atoms with Gasteiger partial charge in [0.1, 0.15) is 5.56 Å². The van der Waals surface area contributed by atoms with Crippen molar-refractivity contribution in [3.63, 3.8) is 0 Å². The van der Waals surface area contributed by atoms with E-state index in [9.17, 15) is 4.79 Å². The van der Waals surface area contributed by atoms with Crippen LogP contribution in [0.5, 0.6) is 0 Å². The van der Waals surface area contributed by atoms with E-state index in [2.05, 4.69) is 15.5 Å². The average Bonchev–Trinajstić information content (AvgIpc) is 2.37. The molecule has 5 nitrogen and oxygen atoms in total. The molecule has 1 aromatic carbocycles. The Labute approximate surface area is 108 Å². The van der Waals surface area contributed by atoms with Crippen molar-refractivity contribution in [1.82, 2.24) is 10.2 Å². The van der Waals surface area contributed by atoms with Crippen molar-refractivity contribution in [3.8, 4) is 0 Å². The second kappa shape index (κ2) is 5.46. The molecule has 2 aromatic rings. The van der Waals surface area contributed by atoms with Crippen LogP contribution < -0.4 is 5.32 Å². The molecular formula is C12H10ClN3O2. The van der Waals surface area contributed by atoms with Crippen molar-refractivity contribution < 1.29 is 9.90 Å². The predicted molar refractivity (Wildman–Crippen MR) is 67.8 cm³/mol. The molecule has 0 aliphatic carbocycles. The maximum absolute atomic E-state index is 11.1. The molecule has 0 aliphatic rings. The number of anilines is 1. The average molecular weight is 264 g/mol. The Kier molecular flexibility index (Phi) is 3.74. The van der Waals surface area contributed by atoms with Gasteiger partial charge in [-0.1, -0.05) is 17.7 Å². The van der Waals surface area contributed by atoms with Crippen LogP contribution in [0.3, 0.4) is 0 Å². The molecule has 0 saturated carbocycles. The summed E-state index contributed by atoms with van der Waals surface area (Å²) in [6.07, 6.45) is 1.57. The minimum atomic E-state index is -1.07. The van der Waals surface area contributed by atoms with Crippen molar-refractivity contribution in [2.45, 2.75) is 6.54 Å². The van der Waals surface area contributed by atoms with Crippen LogP contribution in [0.1, 0.15) is 16.1 Å². The summed E-state index contributed by atoms with van der Waals surface area (Å²) in [7, 11) is 0. The Hall–Kier alpha value is -2.14. The van der Waals surface area contributed by atoms with Gasteiger partial charge in [-0.2, -0.15) is 10.2 Å². The number of halogens is 1. The van der Waals surface area contributed by atoms with Gasteiger partial charge in [0.2, 0.25) is 0 Å². The Morgan fingerprint density at radius 3 is 2.83 bits per heavy atom. The van der Waals surface area contributed by atoms with Crippen LogP contribution in [0.4, 0.5) is 5.69 Å². The fraction of sp³-hybridized carbons (Fsp3) is 0.0833. The van der Waals surface area contributed by atoms with Gasteiger partial charge < -0.3 is 10.4 Å². The highest BCUT2D eigenvalue weighted by Gasteiger charge is 2.13. The molecule has 0 fully saturated rings. The van der Waals surface area contributed by atoms with Crippen LogP contribution in [-0.4, -0.2) is 21.3 Å². The molecule has 92 valence electrons. The molecular weight excluding hydrogens is 254 g/mol. The molecule has 0 unspecified atom stereocenters. The zero-order valence-corrected chi connectivity index (χ0v) is 10.1. The summed E-state index contributed by atoms with van der Waals surface area (Å²) in [5, 5.41) is 19.9. The number of nitrogens with one attached hydrogen (secondary N) is 1. The lowest BCUT2D eigenvalue weighted by Gasteiger charge is -2.09. The van der Waals surface area contributed by atoms with E-state index >= 15 is 0 Å². The molecule has 0 bridgehead atoms. The highest BCUT2D eigenvalue weighted by Crippen LogP contribution is 2.24. The summed E-state index contributed by atoms with van der Waals surface area (Å²) >= 11 is 5.86. The summed E-state index contributed by atoms with van der Waals surface area (Å²) in [6.45, 7) is 0.383. The van der Waals surface area contributed by atoms with E-state index in [0.717, 1.165) is 0 Å². The molecule has 18 heavy (non-hydrogen) atoms. The number of nitrogens with zero attached hydrogens (tertiary/aromatic N) is 2. The third-order valence-corrected chi connectivity index (χ3v) is 2.63. The number of rotatable bonds is 4. The number of hydrogen-bond donors (Lipinski definition) is 2. The maximum atomic E-state index is 11.1. The standard InChI is InChI=1S/C12H10ClN3O2/c13-9-4-1-5-10(11(9)12(17)18)14-7-8-3-2-6-15-16-8/h1-6,14H,7H2,(H,17,18). The van der Waals surface area contributed by atoms with E-state index < -0.39 is 5.97 Å². The first-order valence-corrected chi connectivity index (χ1v) is 5.58. The largest absolute Gasteiger partial charge is 0.478 e. The van der Waals surface area contributed by atoms with Gasteiger partial charge in [0.15, 0.2) is 0 Å².